The number of esters is 1. The Balaban J connectivity index is 1.82. The van der Waals surface area contributed by atoms with Crippen LogP contribution >= 0.6 is 23.4 Å². The Morgan fingerprint density at radius 1 is 1.08 bits per heavy atom. The highest BCUT2D eigenvalue weighted by Gasteiger charge is 2.39. The largest absolute Gasteiger partial charge is 0.493 e. The summed E-state index contributed by atoms with van der Waals surface area (Å²) in [7, 11) is 4.74. The van der Waals surface area contributed by atoms with Gasteiger partial charge in [-0.3, -0.25) is 4.79 Å². The van der Waals surface area contributed by atoms with Crippen LogP contribution in [0.15, 0.2) is 47.4 Å². The van der Waals surface area contributed by atoms with Crippen molar-refractivity contribution in [1.82, 2.24) is 0 Å². The normalized spacial score (nSPS) is 19.1. The lowest BCUT2D eigenvalue weighted by Crippen LogP contribution is -2.29. The number of rotatable bonds is 7. The number of hydrogen-bond donors (Lipinski definition) is 0. The maximum absolute atomic E-state index is 13.2. The first-order chi connectivity index (χ1) is 17.4. The summed E-state index contributed by atoms with van der Waals surface area (Å²) in [6.45, 7) is 0. The van der Waals surface area contributed by atoms with Crippen LogP contribution in [0.25, 0.3) is 5.57 Å². The number of ketones is 1. The molecule has 0 aromatic heterocycles. The van der Waals surface area contributed by atoms with Crippen LogP contribution in [-0.4, -0.2) is 45.4 Å². The van der Waals surface area contributed by atoms with E-state index >= 15 is 0 Å². The molecule has 4 rings (SSSR count). The van der Waals surface area contributed by atoms with Gasteiger partial charge in [-0.2, -0.15) is 0 Å². The van der Waals surface area contributed by atoms with Gasteiger partial charge in [-0.1, -0.05) is 18.2 Å². The van der Waals surface area contributed by atoms with Crippen molar-refractivity contribution in [1.29, 1.82) is 0 Å². The third-order valence-corrected chi connectivity index (χ3v) is 7.75. The van der Waals surface area contributed by atoms with E-state index in [1.54, 1.807) is 39.5 Å². The van der Waals surface area contributed by atoms with Gasteiger partial charge >= 0.3 is 5.97 Å². The van der Waals surface area contributed by atoms with Crippen LogP contribution in [-0.2, 0) is 21.8 Å². The zero-order valence-corrected chi connectivity index (χ0v) is 22.3. The van der Waals surface area contributed by atoms with Crippen LogP contribution in [0.1, 0.15) is 39.9 Å². The predicted octanol–water partition coefficient (Wildman–Crippen LogP) is 5.84. The molecule has 36 heavy (non-hydrogen) atoms. The standard InChI is InChI=1S/C28H29ClO6S/c1-32-23-13-17-8-10-22(35-28(31)18-7-5-6-16(12-18)15-29)20-14-21(30)24(36-4)11-9-19(20)25(17)27(34-3)26(23)33-2/h5-7,9,11-13,20,22H,8,10,14-15H2,1-4H3/t20?,22-/m1/s1. The second-order valence-electron chi connectivity index (χ2n) is 8.59. The average molecular weight is 529 g/mol. The number of methoxy groups -OCH3 is 3. The van der Waals surface area contributed by atoms with Gasteiger partial charge in [0.05, 0.1) is 31.8 Å². The molecule has 2 aromatic carbocycles. The zero-order chi connectivity index (χ0) is 25.8. The maximum Gasteiger partial charge on any atom is 0.338 e. The third kappa shape index (κ3) is 5.00. The molecule has 0 saturated heterocycles. The van der Waals surface area contributed by atoms with E-state index in [1.807, 2.05) is 30.5 Å². The van der Waals surface area contributed by atoms with E-state index < -0.39 is 12.1 Å². The minimum absolute atomic E-state index is 0.0202. The molecule has 0 aliphatic heterocycles. The van der Waals surface area contributed by atoms with Crippen LogP contribution in [0.4, 0.5) is 0 Å². The van der Waals surface area contributed by atoms with E-state index in [0.29, 0.717) is 46.4 Å². The smallest absolute Gasteiger partial charge is 0.338 e. The molecular formula is C28H29ClO6S. The molecular weight excluding hydrogens is 500 g/mol. The molecule has 0 heterocycles. The van der Waals surface area contributed by atoms with E-state index in [9.17, 15) is 9.59 Å². The van der Waals surface area contributed by atoms with Crippen LogP contribution < -0.4 is 14.2 Å². The van der Waals surface area contributed by atoms with Gasteiger partial charge in [0.15, 0.2) is 17.3 Å². The van der Waals surface area contributed by atoms with Gasteiger partial charge in [0.25, 0.3) is 0 Å². The third-order valence-electron chi connectivity index (χ3n) is 6.64. The number of Topliss-reactive ketones (excluding diaryl/α,β-unsaturated/α-hetero) is 1. The lowest BCUT2D eigenvalue weighted by molar-refractivity contribution is -0.116. The van der Waals surface area contributed by atoms with Crippen LogP contribution in [0, 0.1) is 5.92 Å². The van der Waals surface area contributed by atoms with Crippen molar-refractivity contribution in [2.75, 3.05) is 27.6 Å². The van der Waals surface area contributed by atoms with Gasteiger partial charge in [-0.05, 0) is 60.1 Å². The minimum atomic E-state index is -0.518. The monoisotopic (exact) mass is 528 g/mol. The summed E-state index contributed by atoms with van der Waals surface area (Å²) in [5.74, 6) is 1.11. The molecule has 1 unspecified atom stereocenters. The molecule has 0 bridgehead atoms. The van der Waals surface area contributed by atoms with Crippen LogP contribution in [0.2, 0.25) is 0 Å². The van der Waals surface area contributed by atoms with Gasteiger partial charge in [-0.25, -0.2) is 4.79 Å². The van der Waals surface area contributed by atoms with Crippen LogP contribution in [0.3, 0.4) is 0 Å². The van der Waals surface area contributed by atoms with E-state index in [0.717, 1.165) is 22.3 Å². The molecule has 2 aliphatic carbocycles. The first kappa shape index (κ1) is 26.2. The summed E-state index contributed by atoms with van der Waals surface area (Å²) in [5, 5.41) is 0. The number of hydrogen-bond acceptors (Lipinski definition) is 7. The van der Waals surface area contributed by atoms with Gasteiger partial charge < -0.3 is 18.9 Å². The summed E-state index contributed by atoms with van der Waals surface area (Å²) in [4.78, 5) is 27.0. The maximum atomic E-state index is 13.2. The van der Waals surface area contributed by atoms with Gasteiger partial charge in [0, 0.05) is 23.8 Å². The molecule has 0 amide bonds. The number of carbonyl (C=O) groups excluding carboxylic acids is 2. The zero-order valence-electron chi connectivity index (χ0n) is 20.8. The molecule has 0 N–H and O–H groups in total. The number of fused-ring (bicyclic) bond motifs is 3. The van der Waals surface area contributed by atoms with Crippen molar-refractivity contribution < 1.29 is 28.5 Å². The Labute approximate surface area is 220 Å². The number of carbonyl (C=O) groups is 2. The molecule has 6 nitrogen and oxygen atoms in total. The predicted molar refractivity (Wildman–Crippen MR) is 142 cm³/mol. The fourth-order valence-corrected chi connectivity index (χ4v) is 5.60. The number of alkyl halides is 1. The SMILES string of the molecule is COc1cc2c(c(OC)c1OC)C1=CC=C(SC)C(=O)CC1[C@H](OC(=O)c1cccc(CCl)c1)CC2. The first-order valence-corrected chi connectivity index (χ1v) is 13.4. The minimum Gasteiger partial charge on any atom is -0.493 e. The van der Waals surface area contributed by atoms with Crippen LogP contribution in [0.5, 0.6) is 17.2 Å². The summed E-state index contributed by atoms with van der Waals surface area (Å²) in [6, 6.07) is 9.04. The van der Waals surface area contributed by atoms with Gasteiger partial charge in [-0.15, -0.1) is 23.4 Å². The summed E-state index contributed by atoms with van der Waals surface area (Å²) < 4.78 is 23.2. The molecule has 0 spiro atoms. The molecule has 0 fully saturated rings. The second kappa shape index (κ2) is 11.4. The number of thioether (sulfide) groups is 1. The summed E-state index contributed by atoms with van der Waals surface area (Å²) in [6.07, 6.45) is 6.52. The lowest BCUT2D eigenvalue weighted by Gasteiger charge is -2.27. The number of ether oxygens (including phenoxy) is 4. The number of allylic oxidation sites excluding steroid dienone is 3. The Morgan fingerprint density at radius 3 is 2.53 bits per heavy atom. The Kier molecular flexibility index (Phi) is 8.32. The van der Waals surface area contributed by atoms with Crippen molar-refractivity contribution in [2.45, 2.75) is 31.2 Å². The van der Waals surface area contributed by atoms with E-state index in [2.05, 4.69) is 0 Å². The highest BCUT2D eigenvalue weighted by molar-refractivity contribution is 8.03. The van der Waals surface area contributed by atoms with Crippen molar-refractivity contribution >= 4 is 40.7 Å². The Bertz CT molecular complexity index is 1230. The van der Waals surface area contributed by atoms with E-state index in [1.165, 1.54) is 11.8 Å². The molecule has 2 atom stereocenters. The van der Waals surface area contributed by atoms with Crippen molar-refractivity contribution in [3.8, 4) is 17.2 Å². The second-order valence-corrected chi connectivity index (χ2v) is 9.70. The first-order valence-electron chi connectivity index (χ1n) is 11.6. The molecule has 2 aliphatic rings. The Hall–Kier alpha value is -2.90. The van der Waals surface area contributed by atoms with Gasteiger partial charge in [0.1, 0.15) is 6.10 Å². The quantitative estimate of drug-likeness (QED) is 0.330. The Morgan fingerprint density at radius 2 is 1.86 bits per heavy atom. The number of benzene rings is 2. The molecule has 2 aromatic rings. The molecule has 0 saturated carbocycles. The lowest BCUT2D eigenvalue weighted by atomic mass is 9.85. The summed E-state index contributed by atoms with van der Waals surface area (Å²) >= 11 is 7.37. The van der Waals surface area contributed by atoms with E-state index in [-0.39, 0.29) is 18.1 Å². The highest BCUT2D eigenvalue weighted by atomic mass is 35.5. The van der Waals surface area contributed by atoms with Crippen molar-refractivity contribution in [3.05, 3.63) is 69.6 Å². The van der Waals surface area contributed by atoms with Gasteiger partial charge in [0.2, 0.25) is 5.75 Å². The summed E-state index contributed by atoms with van der Waals surface area (Å²) in [5.41, 5.74) is 3.99. The molecule has 0 radical (unpaired) electrons. The molecule has 190 valence electrons. The number of halogens is 1. The fraction of sp³-hybridized carbons (Fsp3) is 0.357. The fourth-order valence-electron chi connectivity index (χ4n) is 4.92. The number of aryl methyl sites for hydroxylation is 1. The van der Waals surface area contributed by atoms with Crippen molar-refractivity contribution in [3.63, 3.8) is 0 Å². The highest BCUT2D eigenvalue weighted by Crippen LogP contribution is 2.50. The van der Waals surface area contributed by atoms with Crippen molar-refractivity contribution in [2.24, 2.45) is 5.92 Å². The molecule has 8 heteroatoms. The van der Waals surface area contributed by atoms with E-state index in [4.69, 9.17) is 30.5 Å². The topological polar surface area (TPSA) is 71.1 Å². The average Bonchev–Trinajstić information content (AvgIpc) is 3.15.